The zero-order chi connectivity index (χ0) is 18.6. The van der Waals surface area contributed by atoms with E-state index in [2.05, 4.69) is 26.8 Å². The van der Waals surface area contributed by atoms with E-state index in [1.807, 2.05) is 6.92 Å². The normalized spacial score (nSPS) is 46.9. The molecule has 4 nitrogen and oxygen atoms in total. The van der Waals surface area contributed by atoms with Crippen LogP contribution in [0.3, 0.4) is 0 Å². The van der Waals surface area contributed by atoms with Crippen LogP contribution in [0.2, 0.25) is 0 Å². The third-order valence-electron chi connectivity index (χ3n) is 7.91. The third kappa shape index (κ3) is 2.51. The Morgan fingerprint density at radius 1 is 1.24 bits per heavy atom. The van der Waals surface area contributed by atoms with Crippen molar-refractivity contribution < 1.29 is 19.7 Å². The number of fused-ring (bicyclic) bond motifs is 3. The first-order valence-electron chi connectivity index (χ1n) is 9.80. The molecule has 0 spiro atoms. The minimum atomic E-state index is -1.08. The minimum Gasteiger partial charge on any atom is -0.469 e. The van der Waals surface area contributed by atoms with Gasteiger partial charge in [0.05, 0.1) is 18.1 Å². The van der Waals surface area contributed by atoms with Gasteiger partial charge < -0.3 is 14.9 Å². The lowest BCUT2D eigenvalue weighted by Gasteiger charge is -2.63. The Labute approximate surface area is 151 Å². The number of aliphatic hydroxyl groups is 2. The first kappa shape index (κ1) is 18.9. The Hall–Kier alpha value is -0.870. The minimum absolute atomic E-state index is 0.0134. The summed E-state index contributed by atoms with van der Waals surface area (Å²) in [6, 6.07) is 0. The maximum absolute atomic E-state index is 12.6. The summed E-state index contributed by atoms with van der Waals surface area (Å²) < 4.78 is 5.15. The SMILES string of the molecule is COC(=O)[C@]1(C)CCC[C@@]2(C)[C@H]1CC[C@]1(O)[C@H](O)C(C(C)C)=CC[C@@H]21. The summed E-state index contributed by atoms with van der Waals surface area (Å²) >= 11 is 0. The number of allylic oxidation sites excluding steroid dienone is 1. The largest absolute Gasteiger partial charge is 0.469 e. The van der Waals surface area contributed by atoms with E-state index in [-0.39, 0.29) is 29.1 Å². The van der Waals surface area contributed by atoms with Gasteiger partial charge in [-0.2, -0.15) is 0 Å². The molecular formula is C21H34O4. The fourth-order valence-electron chi connectivity index (χ4n) is 6.58. The fraction of sp³-hybridized carbons (Fsp3) is 0.857. The van der Waals surface area contributed by atoms with Crippen molar-refractivity contribution in [3.8, 4) is 0 Å². The number of methoxy groups -OCH3 is 1. The Bertz CT molecular complexity index is 582. The van der Waals surface area contributed by atoms with Crippen molar-refractivity contribution in [2.24, 2.45) is 28.6 Å². The summed E-state index contributed by atoms with van der Waals surface area (Å²) in [6.45, 7) is 8.41. The molecule has 0 aromatic heterocycles. The highest BCUT2D eigenvalue weighted by atomic mass is 16.5. The molecule has 3 rings (SSSR count). The summed E-state index contributed by atoms with van der Waals surface area (Å²) in [5.74, 6) is 0.286. The van der Waals surface area contributed by atoms with Crippen LogP contribution in [0.4, 0.5) is 0 Å². The van der Waals surface area contributed by atoms with Gasteiger partial charge in [-0.3, -0.25) is 4.79 Å². The van der Waals surface area contributed by atoms with Crippen molar-refractivity contribution in [1.82, 2.24) is 0 Å². The number of ether oxygens (including phenoxy) is 1. The summed E-state index contributed by atoms with van der Waals surface area (Å²) in [4.78, 5) is 12.6. The highest BCUT2D eigenvalue weighted by molar-refractivity contribution is 5.77. The summed E-state index contributed by atoms with van der Waals surface area (Å²) in [5.41, 5.74) is -0.759. The predicted octanol–water partition coefficient (Wildman–Crippen LogP) is 3.46. The second-order valence-corrected chi connectivity index (χ2v) is 9.40. The average molecular weight is 350 g/mol. The lowest BCUT2D eigenvalue weighted by molar-refractivity contribution is -0.218. The van der Waals surface area contributed by atoms with Crippen LogP contribution in [-0.4, -0.2) is 35.0 Å². The number of esters is 1. The molecular weight excluding hydrogens is 316 g/mol. The maximum atomic E-state index is 12.6. The van der Waals surface area contributed by atoms with Crippen LogP contribution >= 0.6 is 0 Å². The lowest BCUT2D eigenvalue weighted by atomic mass is 9.43. The van der Waals surface area contributed by atoms with Gasteiger partial charge in [-0.25, -0.2) is 0 Å². The van der Waals surface area contributed by atoms with Crippen molar-refractivity contribution in [2.45, 2.75) is 77.9 Å². The highest BCUT2D eigenvalue weighted by Crippen LogP contribution is 2.65. The fourth-order valence-corrected chi connectivity index (χ4v) is 6.58. The third-order valence-corrected chi connectivity index (χ3v) is 7.91. The van der Waals surface area contributed by atoms with E-state index in [0.29, 0.717) is 6.42 Å². The van der Waals surface area contributed by atoms with Gasteiger partial charge in [0.25, 0.3) is 0 Å². The standard InChI is InChI=1S/C21H34O4/c1-13(2)14-7-8-16-19(3)10-6-11-20(4,18(23)25-5)15(19)9-12-21(16,24)17(14)22/h7,13,15-17,22,24H,6,8-12H2,1-5H3/t15-,16+,17-,19+,20-,21-/m1/s1. The molecule has 0 saturated heterocycles. The van der Waals surface area contributed by atoms with E-state index < -0.39 is 17.1 Å². The van der Waals surface area contributed by atoms with E-state index in [1.165, 1.54) is 7.11 Å². The van der Waals surface area contributed by atoms with Crippen molar-refractivity contribution in [2.75, 3.05) is 7.11 Å². The highest BCUT2D eigenvalue weighted by Gasteiger charge is 2.64. The molecule has 3 aliphatic carbocycles. The van der Waals surface area contributed by atoms with E-state index in [4.69, 9.17) is 4.74 Å². The molecule has 0 aliphatic heterocycles. The molecule has 142 valence electrons. The maximum Gasteiger partial charge on any atom is 0.311 e. The molecule has 0 aromatic carbocycles. The Balaban J connectivity index is 2.02. The van der Waals surface area contributed by atoms with Gasteiger partial charge >= 0.3 is 5.97 Å². The second kappa shape index (κ2) is 6.09. The molecule has 2 N–H and O–H groups in total. The molecule has 0 bridgehead atoms. The van der Waals surface area contributed by atoms with Crippen molar-refractivity contribution in [3.05, 3.63) is 11.6 Å². The van der Waals surface area contributed by atoms with E-state index in [1.54, 1.807) is 0 Å². The molecule has 4 heteroatoms. The van der Waals surface area contributed by atoms with Gasteiger partial charge in [0.15, 0.2) is 0 Å². The first-order chi connectivity index (χ1) is 11.6. The number of rotatable bonds is 2. The zero-order valence-electron chi connectivity index (χ0n) is 16.3. The van der Waals surface area contributed by atoms with Crippen molar-refractivity contribution in [3.63, 3.8) is 0 Å². The molecule has 2 saturated carbocycles. The van der Waals surface area contributed by atoms with Crippen molar-refractivity contribution >= 4 is 5.97 Å². The number of carbonyl (C=O) groups excluding carboxylic acids is 1. The summed E-state index contributed by atoms with van der Waals surface area (Å²) in [6.07, 6.45) is 6.25. The van der Waals surface area contributed by atoms with Crippen LogP contribution in [0.25, 0.3) is 0 Å². The van der Waals surface area contributed by atoms with E-state index in [0.717, 1.165) is 37.7 Å². The molecule has 0 radical (unpaired) electrons. The lowest BCUT2D eigenvalue weighted by Crippen LogP contribution is -2.65. The summed E-state index contributed by atoms with van der Waals surface area (Å²) in [7, 11) is 1.47. The van der Waals surface area contributed by atoms with E-state index in [9.17, 15) is 15.0 Å². The van der Waals surface area contributed by atoms with Crippen LogP contribution in [-0.2, 0) is 9.53 Å². The number of aliphatic hydroxyl groups excluding tert-OH is 1. The quantitative estimate of drug-likeness (QED) is 0.591. The van der Waals surface area contributed by atoms with Gasteiger partial charge in [0.2, 0.25) is 0 Å². The van der Waals surface area contributed by atoms with Gasteiger partial charge in [0, 0.05) is 0 Å². The zero-order valence-corrected chi connectivity index (χ0v) is 16.3. The van der Waals surface area contributed by atoms with E-state index >= 15 is 0 Å². The van der Waals surface area contributed by atoms with Gasteiger partial charge in [-0.1, -0.05) is 33.3 Å². The van der Waals surface area contributed by atoms with Gasteiger partial charge in [-0.15, -0.1) is 0 Å². The summed E-state index contributed by atoms with van der Waals surface area (Å²) in [5, 5.41) is 22.5. The topological polar surface area (TPSA) is 66.8 Å². The Kier molecular flexibility index (Phi) is 4.61. The molecule has 6 atom stereocenters. The smallest absolute Gasteiger partial charge is 0.311 e. The second-order valence-electron chi connectivity index (χ2n) is 9.40. The molecule has 0 unspecified atom stereocenters. The first-order valence-corrected chi connectivity index (χ1v) is 9.80. The molecule has 0 amide bonds. The van der Waals surface area contributed by atoms with Crippen LogP contribution in [0, 0.1) is 28.6 Å². The van der Waals surface area contributed by atoms with Gasteiger partial charge in [0.1, 0.15) is 6.10 Å². The molecule has 0 heterocycles. The van der Waals surface area contributed by atoms with Crippen molar-refractivity contribution in [1.29, 1.82) is 0 Å². The average Bonchev–Trinajstić information content (AvgIpc) is 2.55. The van der Waals surface area contributed by atoms with Crippen LogP contribution < -0.4 is 0 Å². The Morgan fingerprint density at radius 2 is 1.92 bits per heavy atom. The van der Waals surface area contributed by atoms with Gasteiger partial charge in [-0.05, 0) is 67.8 Å². The molecule has 0 aromatic rings. The monoisotopic (exact) mass is 350 g/mol. The molecule has 2 fully saturated rings. The number of hydrogen-bond acceptors (Lipinski definition) is 4. The molecule has 25 heavy (non-hydrogen) atoms. The van der Waals surface area contributed by atoms with Crippen LogP contribution in [0.5, 0.6) is 0 Å². The van der Waals surface area contributed by atoms with Crippen LogP contribution in [0.1, 0.15) is 66.2 Å². The predicted molar refractivity (Wildman–Crippen MR) is 96.8 cm³/mol. The number of hydrogen-bond donors (Lipinski definition) is 2. The van der Waals surface area contributed by atoms with Crippen LogP contribution in [0.15, 0.2) is 11.6 Å². The number of carbonyl (C=O) groups is 1. The molecule has 3 aliphatic rings. The Morgan fingerprint density at radius 3 is 2.52 bits per heavy atom.